The molecule has 0 unspecified atom stereocenters. The van der Waals surface area contributed by atoms with Crippen LogP contribution in [0.5, 0.6) is 0 Å². The summed E-state index contributed by atoms with van der Waals surface area (Å²) in [6.45, 7) is 0.586. The van der Waals surface area contributed by atoms with Crippen LogP contribution in [0.25, 0.3) is 0 Å². The Hall–Kier alpha value is -2.43. The van der Waals surface area contributed by atoms with Gasteiger partial charge in [0.2, 0.25) is 0 Å². The number of carboxylic acids is 1. The van der Waals surface area contributed by atoms with Crippen LogP contribution >= 0.6 is 0 Å². The first-order valence-corrected chi connectivity index (χ1v) is 5.16. The predicted octanol–water partition coefficient (Wildman–Crippen LogP) is 1.39. The molecular formula is C12H9N3O2. The lowest BCUT2D eigenvalue weighted by molar-refractivity contribution is 0.0689. The Labute approximate surface area is 97.1 Å². The maximum atomic E-state index is 11.0. The van der Waals surface area contributed by atoms with Gasteiger partial charge in [0.25, 0.3) is 0 Å². The topological polar surface area (TPSA) is 67.5 Å². The van der Waals surface area contributed by atoms with Gasteiger partial charge in [0.15, 0.2) is 5.69 Å². The first-order chi connectivity index (χ1) is 8.27. The second kappa shape index (κ2) is 3.55. The fraction of sp³-hybridized carbons (Fsp3) is 0.0833. The standard InChI is InChI=1S/C12H9N3O2/c16-12(17)10-6-13-7-15(10)11-9-4-2-1-3-8(9)5-14-11/h1-4,6-7H,5H2,(H,16,17). The van der Waals surface area contributed by atoms with Crippen molar-refractivity contribution in [3.8, 4) is 0 Å². The van der Waals surface area contributed by atoms with E-state index in [1.54, 1.807) is 0 Å². The molecule has 2 heterocycles. The number of hydrogen-bond acceptors (Lipinski definition) is 3. The Balaban J connectivity index is 2.13. The van der Waals surface area contributed by atoms with Gasteiger partial charge in [0.1, 0.15) is 12.2 Å². The van der Waals surface area contributed by atoms with Crippen LogP contribution < -0.4 is 0 Å². The number of benzene rings is 1. The molecule has 0 amide bonds. The van der Waals surface area contributed by atoms with Gasteiger partial charge in [-0.1, -0.05) is 24.3 Å². The highest BCUT2D eigenvalue weighted by Gasteiger charge is 2.20. The number of hydrogen-bond donors (Lipinski definition) is 1. The van der Waals surface area contributed by atoms with E-state index in [1.165, 1.54) is 17.1 Å². The molecule has 17 heavy (non-hydrogen) atoms. The lowest BCUT2D eigenvalue weighted by Gasteiger charge is -2.06. The summed E-state index contributed by atoms with van der Waals surface area (Å²) in [6.07, 6.45) is 2.80. The monoisotopic (exact) mass is 227 g/mol. The molecule has 0 atom stereocenters. The van der Waals surface area contributed by atoms with Crippen molar-refractivity contribution in [2.75, 3.05) is 0 Å². The molecule has 84 valence electrons. The maximum absolute atomic E-state index is 11.0. The summed E-state index contributed by atoms with van der Waals surface area (Å²) in [5.41, 5.74) is 2.20. The quantitative estimate of drug-likeness (QED) is 0.800. The van der Waals surface area contributed by atoms with Crippen molar-refractivity contribution in [3.63, 3.8) is 0 Å². The second-order valence-corrected chi connectivity index (χ2v) is 3.75. The normalized spacial score (nSPS) is 13.3. The van der Waals surface area contributed by atoms with E-state index < -0.39 is 5.97 Å². The molecule has 5 nitrogen and oxygen atoms in total. The third-order valence-corrected chi connectivity index (χ3v) is 2.74. The van der Waals surface area contributed by atoms with Gasteiger partial charge in [-0.2, -0.15) is 0 Å². The third kappa shape index (κ3) is 1.44. The van der Waals surface area contributed by atoms with Crippen LogP contribution in [0.4, 0.5) is 0 Å². The van der Waals surface area contributed by atoms with Crippen molar-refractivity contribution in [2.24, 2.45) is 4.99 Å². The summed E-state index contributed by atoms with van der Waals surface area (Å²) in [6, 6.07) is 7.79. The molecule has 0 saturated heterocycles. The summed E-state index contributed by atoms with van der Waals surface area (Å²) in [5.74, 6) is -0.356. The molecule has 0 spiro atoms. The van der Waals surface area contributed by atoms with Crippen LogP contribution in [0.15, 0.2) is 41.8 Å². The Morgan fingerprint density at radius 1 is 1.35 bits per heavy atom. The lowest BCUT2D eigenvalue weighted by Crippen LogP contribution is -2.16. The average Bonchev–Trinajstić information content (AvgIpc) is 2.94. The smallest absolute Gasteiger partial charge is 0.354 e. The third-order valence-electron chi connectivity index (χ3n) is 2.74. The first kappa shape index (κ1) is 9.77. The molecule has 1 aliphatic rings. The van der Waals surface area contributed by atoms with Crippen LogP contribution in [-0.2, 0) is 6.54 Å². The summed E-state index contributed by atoms with van der Waals surface area (Å²) >= 11 is 0. The lowest BCUT2D eigenvalue weighted by atomic mass is 10.1. The van der Waals surface area contributed by atoms with E-state index in [0.717, 1.165) is 11.1 Å². The van der Waals surface area contributed by atoms with Gasteiger partial charge >= 0.3 is 5.97 Å². The van der Waals surface area contributed by atoms with E-state index in [2.05, 4.69) is 9.98 Å². The number of aromatic nitrogens is 2. The SMILES string of the molecule is O=C(O)c1cncn1C1=NCc2ccccc21. The molecule has 5 heteroatoms. The van der Waals surface area contributed by atoms with Gasteiger partial charge < -0.3 is 5.11 Å². The fourth-order valence-corrected chi connectivity index (χ4v) is 1.95. The molecular weight excluding hydrogens is 218 g/mol. The molecule has 0 bridgehead atoms. The average molecular weight is 227 g/mol. The van der Waals surface area contributed by atoms with E-state index in [0.29, 0.717) is 12.4 Å². The Bertz CT molecular complexity index is 628. The number of fused-ring (bicyclic) bond motifs is 1. The minimum Gasteiger partial charge on any atom is -0.477 e. The largest absolute Gasteiger partial charge is 0.477 e. The zero-order valence-electron chi connectivity index (χ0n) is 8.87. The maximum Gasteiger partial charge on any atom is 0.354 e. The number of carboxylic acid groups (broad SMARTS) is 1. The van der Waals surface area contributed by atoms with E-state index in [-0.39, 0.29) is 5.69 Å². The van der Waals surface area contributed by atoms with Gasteiger partial charge in [0.05, 0.1) is 12.7 Å². The van der Waals surface area contributed by atoms with E-state index in [1.807, 2.05) is 24.3 Å². The number of carbonyl (C=O) groups is 1. The van der Waals surface area contributed by atoms with Gasteiger partial charge in [0, 0.05) is 5.56 Å². The number of nitrogens with zero attached hydrogens (tertiary/aromatic N) is 3. The van der Waals surface area contributed by atoms with Crippen LogP contribution in [0.1, 0.15) is 21.6 Å². The van der Waals surface area contributed by atoms with Gasteiger partial charge in [-0.05, 0) is 5.56 Å². The summed E-state index contributed by atoms with van der Waals surface area (Å²) in [4.78, 5) is 19.3. The minimum absolute atomic E-state index is 0.125. The highest BCUT2D eigenvalue weighted by atomic mass is 16.4. The van der Waals surface area contributed by atoms with Gasteiger partial charge in [-0.15, -0.1) is 0 Å². The van der Waals surface area contributed by atoms with Crippen LogP contribution in [0.2, 0.25) is 0 Å². The van der Waals surface area contributed by atoms with Crippen molar-refractivity contribution in [2.45, 2.75) is 6.54 Å². The zero-order chi connectivity index (χ0) is 11.8. The highest BCUT2D eigenvalue weighted by Crippen LogP contribution is 2.20. The molecule has 1 aromatic carbocycles. The molecule has 0 radical (unpaired) electrons. The molecule has 2 aromatic rings. The van der Waals surface area contributed by atoms with Crippen LogP contribution in [0.3, 0.4) is 0 Å². The van der Waals surface area contributed by atoms with E-state index in [4.69, 9.17) is 5.11 Å². The Morgan fingerprint density at radius 3 is 3.00 bits per heavy atom. The molecule has 1 N–H and O–H groups in total. The summed E-state index contributed by atoms with van der Waals surface area (Å²) in [7, 11) is 0. The van der Waals surface area contributed by atoms with Crippen LogP contribution in [-0.4, -0.2) is 26.5 Å². The van der Waals surface area contributed by atoms with Gasteiger partial charge in [-0.25, -0.2) is 9.78 Å². The van der Waals surface area contributed by atoms with E-state index >= 15 is 0 Å². The second-order valence-electron chi connectivity index (χ2n) is 3.75. The molecule has 1 aromatic heterocycles. The van der Waals surface area contributed by atoms with Crippen molar-refractivity contribution in [3.05, 3.63) is 53.6 Å². The van der Waals surface area contributed by atoms with Crippen molar-refractivity contribution >= 4 is 11.8 Å². The molecule has 3 rings (SSSR count). The van der Waals surface area contributed by atoms with Crippen LogP contribution in [0, 0.1) is 0 Å². The first-order valence-electron chi connectivity index (χ1n) is 5.16. The minimum atomic E-state index is -1.01. The highest BCUT2D eigenvalue weighted by molar-refractivity contribution is 6.06. The summed E-state index contributed by atoms with van der Waals surface area (Å²) < 4.78 is 1.51. The Morgan fingerprint density at radius 2 is 2.18 bits per heavy atom. The number of aromatic carboxylic acids is 1. The molecule has 1 aliphatic heterocycles. The predicted molar refractivity (Wildman–Crippen MR) is 61.3 cm³/mol. The molecule has 0 aliphatic carbocycles. The number of rotatable bonds is 1. The summed E-state index contributed by atoms with van der Waals surface area (Å²) in [5, 5.41) is 9.05. The van der Waals surface area contributed by atoms with E-state index in [9.17, 15) is 4.79 Å². The Kier molecular flexibility index (Phi) is 2.04. The van der Waals surface area contributed by atoms with Crippen molar-refractivity contribution in [1.29, 1.82) is 0 Å². The molecule has 0 saturated carbocycles. The zero-order valence-corrected chi connectivity index (χ0v) is 8.87. The van der Waals surface area contributed by atoms with Gasteiger partial charge in [-0.3, -0.25) is 9.56 Å². The van der Waals surface area contributed by atoms with Crippen molar-refractivity contribution in [1.82, 2.24) is 9.55 Å². The number of imidazole rings is 1. The fourth-order valence-electron chi connectivity index (χ4n) is 1.95. The molecule has 0 fully saturated rings. The van der Waals surface area contributed by atoms with Crippen molar-refractivity contribution < 1.29 is 9.90 Å². The number of aliphatic imine (C=N–C) groups is 1.